The maximum absolute atomic E-state index is 8.87. The minimum Gasteiger partial charge on any atom is -0.484 e. The normalized spacial score (nSPS) is 33.0. The van der Waals surface area contributed by atoms with E-state index in [0.29, 0.717) is 5.56 Å². The Hall–Kier alpha value is -1.53. The van der Waals surface area contributed by atoms with Crippen molar-refractivity contribution in [1.29, 1.82) is 5.26 Å². The molecule has 0 radical (unpaired) electrons. The third kappa shape index (κ3) is 1.00. The average molecular weight is 215 g/mol. The van der Waals surface area contributed by atoms with Crippen LogP contribution in [0.3, 0.4) is 0 Å². The fourth-order valence-corrected chi connectivity index (χ4v) is 2.32. The molecule has 0 amide bonds. The number of rotatable bonds is 0. The van der Waals surface area contributed by atoms with Gasteiger partial charge in [-0.3, -0.25) is 0 Å². The van der Waals surface area contributed by atoms with Gasteiger partial charge in [-0.15, -0.1) is 0 Å². The van der Waals surface area contributed by atoms with Crippen molar-refractivity contribution < 1.29 is 9.47 Å². The maximum Gasteiger partial charge on any atom is 0.136 e. The molecule has 0 aromatic heterocycles. The third-order valence-corrected chi connectivity index (χ3v) is 3.79. The number of benzene rings is 1. The molecule has 2 heterocycles. The van der Waals surface area contributed by atoms with Crippen LogP contribution in [-0.2, 0) is 4.74 Å². The van der Waals surface area contributed by atoms with Gasteiger partial charge in [0.2, 0.25) is 0 Å². The first-order valence-electron chi connectivity index (χ1n) is 5.39. The first kappa shape index (κ1) is 9.68. The molecule has 0 unspecified atom stereocenters. The number of fused-ring (bicyclic) bond motifs is 3. The van der Waals surface area contributed by atoms with Crippen molar-refractivity contribution in [2.45, 2.75) is 38.1 Å². The van der Waals surface area contributed by atoms with Gasteiger partial charge in [-0.1, -0.05) is 0 Å². The molecule has 3 rings (SSSR count). The topological polar surface area (TPSA) is 45.5 Å². The van der Waals surface area contributed by atoms with Crippen LogP contribution in [0.15, 0.2) is 18.2 Å². The van der Waals surface area contributed by atoms with Crippen molar-refractivity contribution in [2.75, 3.05) is 0 Å². The van der Waals surface area contributed by atoms with Gasteiger partial charge in [0.1, 0.15) is 23.1 Å². The summed E-state index contributed by atoms with van der Waals surface area (Å²) >= 11 is 0. The van der Waals surface area contributed by atoms with Gasteiger partial charge in [0, 0.05) is 5.56 Å². The standard InChI is InChI=1S/C13H13NO2/c1-12(2)13(3)11(16-13)9-6-8(7-14)4-5-10(9)15-12/h4-6,11H,1-3H3/t11-,13-/m0/s1. The molecule has 2 aliphatic rings. The van der Waals surface area contributed by atoms with Crippen molar-refractivity contribution in [3.8, 4) is 11.8 Å². The van der Waals surface area contributed by atoms with Crippen molar-refractivity contribution in [1.82, 2.24) is 0 Å². The molecule has 0 aliphatic carbocycles. The van der Waals surface area contributed by atoms with E-state index in [0.717, 1.165) is 11.3 Å². The summed E-state index contributed by atoms with van der Waals surface area (Å²) in [6.45, 7) is 6.13. The van der Waals surface area contributed by atoms with Gasteiger partial charge in [-0.05, 0) is 39.0 Å². The zero-order valence-corrected chi connectivity index (χ0v) is 9.57. The molecular formula is C13H13NO2. The molecule has 16 heavy (non-hydrogen) atoms. The fourth-order valence-electron chi connectivity index (χ4n) is 2.32. The quantitative estimate of drug-likeness (QED) is 0.625. The third-order valence-electron chi connectivity index (χ3n) is 3.79. The van der Waals surface area contributed by atoms with E-state index < -0.39 is 0 Å². The van der Waals surface area contributed by atoms with Crippen molar-refractivity contribution in [2.24, 2.45) is 0 Å². The van der Waals surface area contributed by atoms with E-state index in [2.05, 4.69) is 13.0 Å². The monoisotopic (exact) mass is 215 g/mol. The summed E-state index contributed by atoms with van der Waals surface area (Å²) in [6.07, 6.45) is 0.0690. The molecule has 0 bridgehead atoms. The molecule has 2 atom stereocenters. The van der Waals surface area contributed by atoms with Crippen LogP contribution in [0.2, 0.25) is 0 Å². The second kappa shape index (κ2) is 2.58. The largest absolute Gasteiger partial charge is 0.484 e. The Morgan fingerprint density at radius 1 is 1.31 bits per heavy atom. The Balaban J connectivity index is 2.14. The molecule has 0 saturated carbocycles. The van der Waals surface area contributed by atoms with E-state index in [4.69, 9.17) is 14.7 Å². The predicted molar refractivity (Wildman–Crippen MR) is 58.1 cm³/mol. The summed E-state index contributed by atoms with van der Waals surface area (Å²) in [5, 5.41) is 8.87. The molecule has 1 aromatic carbocycles. The lowest BCUT2D eigenvalue weighted by Gasteiger charge is -2.35. The van der Waals surface area contributed by atoms with E-state index in [-0.39, 0.29) is 17.3 Å². The minimum atomic E-state index is -0.321. The molecule has 3 nitrogen and oxygen atoms in total. The molecule has 82 valence electrons. The van der Waals surface area contributed by atoms with Crippen LogP contribution < -0.4 is 4.74 Å². The van der Waals surface area contributed by atoms with Crippen LogP contribution in [0.1, 0.15) is 38.0 Å². The summed E-state index contributed by atoms with van der Waals surface area (Å²) in [6, 6.07) is 7.64. The first-order chi connectivity index (χ1) is 7.48. The highest BCUT2D eigenvalue weighted by molar-refractivity contribution is 5.49. The molecule has 1 fully saturated rings. The van der Waals surface area contributed by atoms with Gasteiger partial charge in [0.25, 0.3) is 0 Å². The van der Waals surface area contributed by atoms with Crippen LogP contribution in [0.25, 0.3) is 0 Å². The van der Waals surface area contributed by atoms with Crippen molar-refractivity contribution in [3.63, 3.8) is 0 Å². The van der Waals surface area contributed by atoms with E-state index in [9.17, 15) is 0 Å². The Kier molecular flexibility index (Phi) is 1.56. The summed E-state index contributed by atoms with van der Waals surface area (Å²) < 4.78 is 11.7. The molecular weight excluding hydrogens is 202 g/mol. The Morgan fingerprint density at radius 2 is 2.06 bits per heavy atom. The Morgan fingerprint density at radius 3 is 2.75 bits per heavy atom. The number of nitrogens with zero attached hydrogens (tertiary/aromatic N) is 1. The van der Waals surface area contributed by atoms with Crippen molar-refractivity contribution >= 4 is 0 Å². The lowest BCUT2D eigenvalue weighted by molar-refractivity contribution is 0.0241. The van der Waals surface area contributed by atoms with Gasteiger partial charge in [-0.2, -0.15) is 5.26 Å². The van der Waals surface area contributed by atoms with Gasteiger partial charge >= 0.3 is 0 Å². The maximum atomic E-state index is 8.87. The Bertz CT molecular complexity index is 515. The van der Waals surface area contributed by atoms with Crippen molar-refractivity contribution in [3.05, 3.63) is 29.3 Å². The number of epoxide rings is 1. The summed E-state index contributed by atoms with van der Waals surface area (Å²) in [5.74, 6) is 0.837. The first-order valence-corrected chi connectivity index (χ1v) is 5.39. The zero-order valence-electron chi connectivity index (χ0n) is 9.57. The molecule has 1 saturated heterocycles. The van der Waals surface area contributed by atoms with Crippen LogP contribution in [0.4, 0.5) is 0 Å². The Labute approximate surface area is 94.6 Å². The van der Waals surface area contributed by atoms with E-state index in [1.165, 1.54) is 0 Å². The number of hydrogen-bond donors (Lipinski definition) is 0. The van der Waals surface area contributed by atoms with Gasteiger partial charge in [-0.25, -0.2) is 0 Å². The highest BCUT2D eigenvalue weighted by atomic mass is 16.7. The summed E-state index contributed by atoms with van der Waals surface area (Å²) in [4.78, 5) is 0. The summed E-state index contributed by atoms with van der Waals surface area (Å²) in [7, 11) is 0. The lowest BCUT2D eigenvalue weighted by atomic mass is 9.83. The lowest BCUT2D eigenvalue weighted by Crippen LogP contribution is -2.45. The van der Waals surface area contributed by atoms with E-state index in [1.54, 1.807) is 6.07 Å². The highest BCUT2D eigenvalue weighted by Gasteiger charge is 2.67. The second-order valence-corrected chi connectivity index (χ2v) is 5.08. The molecule has 0 N–H and O–H groups in total. The fraction of sp³-hybridized carbons (Fsp3) is 0.462. The van der Waals surface area contributed by atoms with Crippen LogP contribution in [-0.4, -0.2) is 11.2 Å². The number of nitriles is 1. The van der Waals surface area contributed by atoms with Crippen LogP contribution >= 0.6 is 0 Å². The molecule has 1 aromatic rings. The molecule has 3 heteroatoms. The van der Waals surface area contributed by atoms with E-state index >= 15 is 0 Å². The van der Waals surface area contributed by atoms with Gasteiger partial charge in [0.15, 0.2) is 0 Å². The average Bonchev–Trinajstić information content (AvgIpc) is 2.92. The van der Waals surface area contributed by atoms with Gasteiger partial charge in [0.05, 0.1) is 11.6 Å². The smallest absolute Gasteiger partial charge is 0.136 e. The molecule has 0 spiro atoms. The van der Waals surface area contributed by atoms with Crippen LogP contribution in [0, 0.1) is 11.3 Å². The van der Waals surface area contributed by atoms with Crippen LogP contribution in [0.5, 0.6) is 5.75 Å². The molecule has 2 aliphatic heterocycles. The van der Waals surface area contributed by atoms with E-state index in [1.807, 2.05) is 26.0 Å². The second-order valence-electron chi connectivity index (χ2n) is 5.08. The minimum absolute atomic E-state index is 0.0690. The number of ether oxygens (including phenoxy) is 2. The van der Waals surface area contributed by atoms with Gasteiger partial charge < -0.3 is 9.47 Å². The predicted octanol–water partition coefficient (Wildman–Crippen LogP) is 2.56. The number of hydrogen-bond acceptors (Lipinski definition) is 3. The highest BCUT2D eigenvalue weighted by Crippen LogP contribution is 2.61. The SMILES string of the molecule is CC1(C)Oc2ccc(C#N)cc2[C@@H]2O[C@@]21C. The zero-order chi connectivity index (χ0) is 11.6. The summed E-state index contributed by atoms with van der Waals surface area (Å²) in [5.41, 5.74) is 1.08.